The van der Waals surface area contributed by atoms with Crippen molar-refractivity contribution in [3.8, 4) is 0 Å². The van der Waals surface area contributed by atoms with Gasteiger partial charge in [0.05, 0.1) is 11.1 Å². The summed E-state index contributed by atoms with van der Waals surface area (Å²) < 4.78 is 0. The van der Waals surface area contributed by atoms with E-state index in [-0.39, 0.29) is 5.41 Å². The van der Waals surface area contributed by atoms with Gasteiger partial charge in [0.15, 0.2) is 0 Å². The summed E-state index contributed by atoms with van der Waals surface area (Å²) in [6, 6.07) is 14.5. The number of carboxylic acid groups (broad SMARTS) is 2. The van der Waals surface area contributed by atoms with Gasteiger partial charge in [0, 0.05) is 5.41 Å². The van der Waals surface area contributed by atoms with Crippen molar-refractivity contribution in [2.24, 2.45) is 11.8 Å². The van der Waals surface area contributed by atoms with Gasteiger partial charge in [0.2, 0.25) is 0 Å². The van der Waals surface area contributed by atoms with E-state index < -0.39 is 11.9 Å². The van der Waals surface area contributed by atoms with E-state index in [1.807, 2.05) is 24.3 Å². The summed E-state index contributed by atoms with van der Waals surface area (Å²) in [5.74, 6) is -0.769. The van der Waals surface area contributed by atoms with Crippen LogP contribution < -0.4 is 0 Å². The average Bonchev–Trinajstić information content (AvgIpc) is 3.18. The van der Waals surface area contributed by atoms with Gasteiger partial charge in [-0.2, -0.15) is 0 Å². The minimum Gasteiger partial charge on any atom is -0.478 e. The zero-order valence-corrected chi connectivity index (χ0v) is 13.8. The second kappa shape index (κ2) is 5.73. The lowest BCUT2D eigenvalue weighted by atomic mass is 9.66. The van der Waals surface area contributed by atoms with Crippen LogP contribution >= 0.6 is 0 Å². The fourth-order valence-electron chi connectivity index (χ4n) is 5.22. The van der Waals surface area contributed by atoms with Crippen molar-refractivity contribution < 1.29 is 19.8 Å². The summed E-state index contributed by atoms with van der Waals surface area (Å²) in [5, 5.41) is 18.3. The standard InChI is InChI=1S/C21H20O4/c22-19(23)13-1-5-15(6-2-13)21(17-9-10-18(21)12-11-17)16-7-3-14(4-8-16)20(24)25/h1-8,17-18H,9-12H2,(H,22,23)(H,24,25). The summed E-state index contributed by atoms with van der Waals surface area (Å²) in [5.41, 5.74) is 2.79. The highest BCUT2D eigenvalue weighted by Gasteiger charge is 2.55. The van der Waals surface area contributed by atoms with Gasteiger partial charge in [0.25, 0.3) is 0 Å². The lowest BCUT2D eigenvalue weighted by Crippen LogP contribution is -2.33. The molecular weight excluding hydrogens is 316 g/mol. The molecular formula is C21H20O4. The van der Waals surface area contributed by atoms with Gasteiger partial charge in [-0.15, -0.1) is 0 Å². The molecule has 0 heterocycles. The molecule has 0 aromatic heterocycles. The van der Waals surface area contributed by atoms with Gasteiger partial charge in [-0.05, 0) is 72.9 Å². The third kappa shape index (κ3) is 2.28. The molecule has 2 N–H and O–H groups in total. The minimum absolute atomic E-state index is 0.117. The second-order valence-electron chi connectivity index (χ2n) is 7.18. The van der Waals surface area contributed by atoms with Crippen molar-refractivity contribution in [2.45, 2.75) is 31.1 Å². The lowest BCUT2D eigenvalue weighted by molar-refractivity contribution is 0.0686. The van der Waals surface area contributed by atoms with Gasteiger partial charge in [0.1, 0.15) is 0 Å². The normalized spacial score (nSPS) is 23.5. The summed E-state index contributed by atoms with van der Waals surface area (Å²) in [6.07, 6.45) is 4.69. The Labute approximate surface area is 146 Å². The van der Waals surface area contributed by atoms with Gasteiger partial charge in [-0.1, -0.05) is 24.3 Å². The van der Waals surface area contributed by atoms with Crippen LogP contribution in [0.4, 0.5) is 0 Å². The number of hydrogen-bond acceptors (Lipinski definition) is 2. The third-order valence-electron chi connectivity index (χ3n) is 6.23. The smallest absolute Gasteiger partial charge is 0.335 e. The van der Waals surface area contributed by atoms with Crippen LogP contribution in [0.15, 0.2) is 48.5 Å². The van der Waals surface area contributed by atoms with Crippen molar-refractivity contribution in [3.05, 3.63) is 70.8 Å². The van der Waals surface area contributed by atoms with E-state index in [1.165, 1.54) is 25.7 Å². The predicted molar refractivity (Wildman–Crippen MR) is 93.0 cm³/mol. The molecule has 0 spiro atoms. The molecule has 2 bridgehead atoms. The SMILES string of the molecule is O=C(O)c1ccc(C2(c3ccc(C(=O)O)cc3)C3CCC2CC3)cc1. The molecule has 0 amide bonds. The lowest BCUT2D eigenvalue weighted by Gasteiger charge is -2.36. The number of rotatable bonds is 4. The number of aromatic carboxylic acids is 2. The first-order valence-corrected chi connectivity index (χ1v) is 8.71. The molecule has 0 radical (unpaired) electrons. The van der Waals surface area contributed by atoms with E-state index in [1.54, 1.807) is 24.3 Å². The Morgan fingerprint density at radius 3 is 1.28 bits per heavy atom. The van der Waals surface area contributed by atoms with Gasteiger partial charge < -0.3 is 10.2 Å². The third-order valence-corrected chi connectivity index (χ3v) is 6.23. The summed E-state index contributed by atoms with van der Waals surface area (Å²) in [7, 11) is 0. The number of hydrogen-bond donors (Lipinski definition) is 2. The molecule has 25 heavy (non-hydrogen) atoms. The number of benzene rings is 2. The van der Waals surface area contributed by atoms with Crippen molar-refractivity contribution >= 4 is 11.9 Å². The Hall–Kier alpha value is -2.62. The molecule has 0 saturated heterocycles. The van der Waals surface area contributed by atoms with Crippen molar-refractivity contribution in [1.82, 2.24) is 0 Å². The van der Waals surface area contributed by atoms with E-state index in [0.29, 0.717) is 23.0 Å². The number of carboxylic acids is 2. The van der Waals surface area contributed by atoms with Crippen LogP contribution in [-0.4, -0.2) is 22.2 Å². The minimum atomic E-state index is -0.916. The highest BCUT2D eigenvalue weighted by atomic mass is 16.4. The molecule has 2 aromatic carbocycles. The van der Waals surface area contributed by atoms with Crippen LogP contribution in [0, 0.1) is 11.8 Å². The van der Waals surface area contributed by atoms with Crippen LogP contribution in [-0.2, 0) is 5.41 Å². The largest absolute Gasteiger partial charge is 0.478 e. The monoisotopic (exact) mass is 336 g/mol. The molecule has 2 saturated carbocycles. The zero-order chi connectivity index (χ0) is 17.6. The Bertz CT molecular complexity index is 740. The fourth-order valence-corrected chi connectivity index (χ4v) is 5.22. The van der Waals surface area contributed by atoms with E-state index in [9.17, 15) is 9.59 Å². The van der Waals surface area contributed by atoms with Crippen molar-refractivity contribution in [3.63, 3.8) is 0 Å². The van der Waals surface area contributed by atoms with Crippen LogP contribution in [0.1, 0.15) is 57.5 Å². The highest BCUT2D eigenvalue weighted by molar-refractivity contribution is 5.88. The Balaban J connectivity index is 1.84. The molecule has 2 aliphatic rings. The Kier molecular flexibility index (Phi) is 3.64. The van der Waals surface area contributed by atoms with Gasteiger partial charge in [-0.25, -0.2) is 9.59 Å². The molecule has 0 atom stereocenters. The first kappa shape index (κ1) is 15.9. The van der Waals surface area contributed by atoms with E-state index >= 15 is 0 Å². The quantitative estimate of drug-likeness (QED) is 0.878. The first-order valence-electron chi connectivity index (χ1n) is 8.71. The molecule has 0 unspecified atom stereocenters. The summed E-state index contributed by atoms with van der Waals surface area (Å²) in [4.78, 5) is 22.3. The Morgan fingerprint density at radius 1 is 0.680 bits per heavy atom. The number of carbonyl (C=O) groups is 2. The fraction of sp³-hybridized carbons (Fsp3) is 0.333. The molecule has 128 valence electrons. The van der Waals surface area contributed by atoms with Crippen LogP contribution in [0.25, 0.3) is 0 Å². The van der Waals surface area contributed by atoms with E-state index in [2.05, 4.69) is 0 Å². The summed E-state index contributed by atoms with van der Waals surface area (Å²) in [6.45, 7) is 0. The van der Waals surface area contributed by atoms with Crippen LogP contribution in [0.3, 0.4) is 0 Å². The zero-order valence-electron chi connectivity index (χ0n) is 13.8. The molecule has 2 aliphatic carbocycles. The van der Waals surface area contributed by atoms with Crippen LogP contribution in [0.5, 0.6) is 0 Å². The maximum absolute atomic E-state index is 11.2. The molecule has 4 rings (SSSR count). The first-order chi connectivity index (χ1) is 12.0. The molecule has 2 aromatic rings. The maximum Gasteiger partial charge on any atom is 0.335 e. The molecule has 2 fully saturated rings. The second-order valence-corrected chi connectivity index (χ2v) is 7.18. The average molecular weight is 336 g/mol. The van der Waals surface area contributed by atoms with E-state index in [4.69, 9.17) is 10.2 Å². The maximum atomic E-state index is 11.2. The predicted octanol–water partition coefficient (Wildman–Crippen LogP) is 4.19. The van der Waals surface area contributed by atoms with Gasteiger partial charge in [-0.3, -0.25) is 0 Å². The molecule has 0 aliphatic heterocycles. The van der Waals surface area contributed by atoms with Crippen molar-refractivity contribution in [1.29, 1.82) is 0 Å². The topological polar surface area (TPSA) is 74.6 Å². The molecule has 4 nitrogen and oxygen atoms in total. The van der Waals surface area contributed by atoms with E-state index in [0.717, 1.165) is 11.1 Å². The van der Waals surface area contributed by atoms with Gasteiger partial charge >= 0.3 is 11.9 Å². The Morgan fingerprint density at radius 2 is 1.00 bits per heavy atom. The van der Waals surface area contributed by atoms with Crippen molar-refractivity contribution in [2.75, 3.05) is 0 Å². The summed E-state index contributed by atoms with van der Waals surface area (Å²) >= 11 is 0. The van der Waals surface area contributed by atoms with Crippen LogP contribution in [0.2, 0.25) is 0 Å². The number of fused-ring (bicyclic) bond motifs is 2. The highest BCUT2D eigenvalue weighted by Crippen LogP contribution is 2.62. The molecule has 4 heteroatoms.